The van der Waals surface area contributed by atoms with Gasteiger partial charge in [-0.15, -0.1) is 0 Å². The molecule has 0 saturated carbocycles. The largest absolute Gasteiger partial charge is 0.361 e. The molecule has 0 bridgehead atoms. The summed E-state index contributed by atoms with van der Waals surface area (Å²) in [5.41, 5.74) is 6.43. The Morgan fingerprint density at radius 2 is 1.73 bits per heavy atom. The van der Waals surface area contributed by atoms with E-state index in [1.807, 2.05) is 38.1 Å². The van der Waals surface area contributed by atoms with E-state index in [9.17, 15) is 0 Å². The first-order valence-electron chi connectivity index (χ1n) is 7.11. The van der Waals surface area contributed by atoms with Crippen molar-refractivity contribution in [3.63, 3.8) is 0 Å². The fourth-order valence-corrected chi connectivity index (χ4v) is 2.76. The average molecular weight is 357 g/mol. The van der Waals surface area contributed by atoms with Crippen LogP contribution in [-0.4, -0.2) is 5.16 Å². The van der Waals surface area contributed by atoms with Crippen molar-refractivity contribution >= 4 is 27.3 Å². The van der Waals surface area contributed by atoms with E-state index >= 15 is 0 Å². The third-order valence-electron chi connectivity index (χ3n) is 3.68. The Labute approximate surface area is 138 Å². The van der Waals surface area contributed by atoms with Gasteiger partial charge in [-0.1, -0.05) is 33.2 Å². The Balaban J connectivity index is 1.98. The summed E-state index contributed by atoms with van der Waals surface area (Å²) in [5, 5.41) is 7.51. The maximum Gasteiger partial charge on any atom is 0.141 e. The number of halogens is 1. The third kappa shape index (κ3) is 2.92. The second-order valence-electron chi connectivity index (χ2n) is 5.36. The zero-order valence-electron chi connectivity index (χ0n) is 12.8. The molecular weight excluding hydrogens is 340 g/mol. The molecule has 3 rings (SSSR count). The second-order valence-corrected chi connectivity index (χ2v) is 6.28. The summed E-state index contributed by atoms with van der Waals surface area (Å²) in [6, 6.07) is 14.5. The molecule has 1 aromatic heterocycles. The minimum absolute atomic E-state index is 0.843. The molecule has 0 radical (unpaired) electrons. The molecule has 0 amide bonds. The van der Waals surface area contributed by atoms with Crippen molar-refractivity contribution in [3.8, 4) is 11.1 Å². The van der Waals surface area contributed by atoms with Crippen molar-refractivity contribution in [1.82, 2.24) is 5.16 Å². The van der Waals surface area contributed by atoms with E-state index in [0.29, 0.717) is 0 Å². The van der Waals surface area contributed by atoms with Gasteiger partial charge in [0.05, 0.1) is 5.69 Å². The van der Waals surface area contributed by atoms with Gasteiger partial charge in [0.25, 0.3) is 0 Å². The fraction of sp³-hybridized carbons (Fsp3) is 0.167. The lowest BCUT2D eigenvalue weighted by molar-refractivity contribution is 0.393. The molecule has 0 aliphatic carbocycles. The molecule has 1 heterocycles. The summed E-state index contributed by atoms with van der Waals surface area (Å²) in [7, 11) is 0. The molecule has 0 atom stereocenters. The van der Waals surface area contributed by atoms with Gasteiger partial charge in [0.1, 0.15) is 5.76 Å². The van der Waals surface area contributed by atoms with Gasteiger partial charge >= 0.3 is 0 Å². The quantitative estimate of drug-likeness (QED) is 0.646. The van der Waals surface area contributed by atoms with Crippen molar-refractivity contribution in [2.45, 2.75) is 20.8 Å². The molecule has 0 aliphatic heterocycles. The number of hydrogen-bond donors (Lipinski definition) is 1. The lowest BCUT2D eigenvalue weighted by Gasteiger charge is -2.12. The van der Waals surface area contributed by atoms with E-state index in [1.54, 1.807) is 0 Å². The van der Waals surface area contributed by atoms with Crippen LogP contribution in [0.25, 0.3) is 11.1 Å². The van der Waals surface area contributed by atoms with E-state index < -0.39 is 0 Å². The van der Waals surface area contributed by atoms with Gasteiger partial charge in [-0.3, -0.25) is 0 Å². The van der Waals surface area contributed by atoms with E-state index in [-0.39, 0.29) is 0 Å². The number of aromatic nitrogens is 1. The molecule has 0 aliphatic rings. The van der Waals surface area contributed by atoms with Crippen molar-refractivity contribution in [1.29, 1.82) is 0 Å². The standard InChI is InChI=1S/C18H17BrN2O/c1-11-4-5-14(18-12(2)21-22-13(18)3)10-17(11)20-16-8-6-15(19)7-9-16/h4-10,20H,1-3H3. The summed E-state index contributed by atoms with van der Waals surface area (Å²) < 4.78 is 6.34. The van der Waals surface area contributed by atoms with Gasteiger partial charge in [-0.2, -0.15) is 0 Å². The minimum atomic E-state index is 0.843. The van der Waals surface area contributed by atoms with Crippen molar-refractivity contribution in [2.24, 2.45) is 0 Å². The highest BCUT2D eigenvalue weighted by Crippen LogP contribution is 2.31. The molecule has 112 valence electrons. The van der Waals surface area contributed by atoms with E-state index in [0.717, 1.165) is 38.4 Å². The van der Waals surface area contributed by atoms with E-state index in [4.69, 9.17) is 4.52 Å². The van der Waals surface area contributed by atoms with Crippen LogP contribution in [0.5, 0.6) is 0 Å². The second kappa shape index (κ2) is 5.97. The molecule has 1 N–H and O–H groups in total. The van der Waals surface area contributed by atoms with Crippen LogP contribution in [0, 0.1) is 20.8 Å². The van der Waals surface area contributed by atoms with Gasteiger partial charge in [-0.05, 0) is 62.2 Å². The first kappa shape index (κ1) is 14.9. The molecule has 0 fully saturated rings. The predicted molar refractivity (Wildman–Crippen MR) is 93.6 cm³/mol. The van der Waals surface area contributed by atoms with Gasteiger partial charge in [0, 0.05) is 21.4 Å². The monoisotopic (exact) mass is 356 g/mol. The molecule has 0 saturated heterocycles. The molecule has 4 heteroatoms. The van der Waals surface area contributed by atoms with Gasteiger partial charge in [-0.25, -0.2) is 0 Å². The van der Waals surface area contributed by atoms with Crippen LogP contribution in [0.4, 0.5) is 11.4 Å². The first-order valence-corrected chi connectivity index (χ1v) is 7.90. The fourth-order valence-electron chi connectivity index (χ4n) is 2.50. The summed E-state index contributed by atoms with van der Waals surface area (Å²) in [6.45, 7) is 6.00. The summed E-state index contributed by atoms with van der Waals surface area (Å²) >= 11 is 3.45. The van der Waals surface area contributed by atoms with Gasteiger partial charge in [0.15, 0.2) is 0 Å². The highest BCUT2D eigenvalue weighted by molar-refractivity contribution is 9.10. The molecule has 22 heavy (non-hydrogen) atoms. The number of anilines is 2. The Bertz CT molecular complexity index is 787. The van der Waals surface area contributed by atoms with Gasteiger partial charge in [0.2, 0.25) is 0 Å². The zero-order valence-corrected chi connectivity index (χ0v) is 14.4. The molecule has 3 nitrogen and oxygen atoms in total. The highest BCUT2D eigenvalue weighted by atomic mass is 79.9. The molecular formula is C18H17BrN2O. The summed E-state index contributed by atoms with van der Waals surface area (Å²) in [6.07, 6.45) is 0. The van der Waals surface area contributed by atoms with E-state index in [1.165, 1.54) is 5.56 Å². The smallest absolute Gasteiger partial charge is 0.141 e. The normalized spacial score (nSPS) is 10.7. The lowest BCUT2D eigenvalue weighted by Crippen LogP contribution is -1.94. The maximum atomic E-state index is 5.28. The average Bonchev–Trinajstić information content (AvgIpc) is 2.83. The number of aryl methyl sites for hydroxylation is 3. The van der Waals surface area contributed by atoms with Crippen LogP contribution in [0.15, 0.2) is 51.5 Å². The third-order valence-corrected chi connectivity index (χ3v) is 4.21. The SMILES string of the molecule is Cc1ccc(-c2c(C)noc2C)cc1Nc1ccc(Br)cc1. The van der Waals surface area contributed by atoms with Crippen LogP contribution in [0.3, 0.4) is 0 Å². The molecule has 3 aromatic rings. The van der Waals surface area contributed by atoms with Crippen LogP contribution in [-0.2, 0) is 0 Å². The topological polar surface area (TPSA) is 38.1 Å². The number of benzene rings is 2. The number of hydrogen-bond acceptors (Lipinski definition) is 3. The van der Waals surface area contributed by atoms with Crippen LogP contribution in [0.1, 0.15) is 17.0 Å². The van der Waals surface area contributed by atoms with Crippen LogP contribution >= 0.6 is 15.9 Å². The van der Waals surface area contributed by atoms with Crippen LogP contribution in [0.2, 0.25) is 0 Å². The number of rotatable bonds is 3. The Morgan fingerprint density at radius 1 is 1.00 bits per heavy atom. The lowest BCUT2D eigenvalue weighted by atomic mass is 10.0. The van der Waals surface area contributed by atoms with Crippen molar-refractivity contribution in [3.05, 3.63) is 64.0 Å². The van der Waals surface area contributed by atoms with Crippen molar-refractivity contribution in [2.75, 3.05) is 5.32 Å². The van der Waals surface area contributed by atoms with Crippen LogP contribution < -0.4 is 5.32 Å². The molecule has 2 aromatic carbocycles. The Hall–Kier alpha value is -2.07. The number of nitrogens with one attached hydrogen (secondary N) is 1. The molecule has 0 unspecified atom stereocenters. The Morgan fingerprint density at radius 3 is 2.36 bits per heavy atom. The number of nitrogens with zero attached hydrogens (tertiary/aromatic N) is 1. The zero-order chi connectivity index (χ0) is 15.7. The predicted octanol–water partition coefficient (Wildman–Crippen LogP) is 5.77. The van der Waals surface area contributed by atoms with Gasteiger partial charge < -0.3 is 9.84 Å². The first-order chi connectivity index (χ1) is 10.5. The minimum Gasteiger partial charge on any atom is -0.361 e. The maximum absolute atomic E-state index is 5.28. The highest BCUT2D eigenvalue weighted by Gasteiger charge is 2.12. The Kier molecular flexibility index (Phi) is 4.03. The van der Waals surface area contributed by atoms with E-state index in [2.05, 4.69) is 51.5 Å². The molecule has 0 spiro atoms. The summed E-state index contributed by atoms with van der Waals surface area (Å²) in [4.78, 5) is 0. The van der Waals surface area contributed by atoms with Crippen molar-refractivity contribution < 1.29 is 4.52 Å². The summed E-state index contributed by atoms with van der Waals surface area (Å²) in [5.74, 6) is 0.843.